The number of aromatic nitrogens is 7. The summed E-state index contributed by atoms with van der Waals surface area (Å²) in [6.07, 6.45) is 5.66. The summed E-state index contributed by atoms with van der Waals surface area (Å²) in [5.41, 5.74) is 15.3. The Kier molecular flexibility index (Phi) is 25.8. The molecule has 1 fully saturated rings. The fraction of sp³-hybridized carbons (Fsp3) is 0.304. The number of benzene rings is 2. The summed E-state index contributed by atoms with van der Waals surface area (Å²) < 4.78 is 0. The summed E-state index contributed by atoms with van der Waals surface area (Å²) in [6, 6.07) is 15.8. The molecular weight excluding hydrogens is 1020 g/mol. The van der Waals surface area contributed by atoms with E-state index in [1.54, 1.807) is 64.2 Å². The standard InChI is InChI=1S/C17H14Cl2N4OS.C11H12ClNO.C7H8ClN3S.C6H14N2O.C5H6ClN3/c1-9-4-3-5-12(18)16(9)23-17(24)13-8-20-15(25-13)7-11-6-14(19)22-10(2)21-11;1-3-5-10(14)13-11-8(2)6-4-7-9(11)12;1-4-10-5(3-7(9)12)2-6(8)11-4;9-6-5-8-3-1-7-2-4-8;1-3-8-4(6)2-5(7)9-3/h3-6,8H,7H2,1-2H3,(H,23,24);3-7H,1-2H3,(H,13,14);2H,3H2,1H3,(H2,9,12);7,9H,1-6H2;2H,1H3,(H2,7,8,9)/b;5-3+;;;. The van der Waals surface area contributed by atoms with Gasteiger partial charge in [-0.05, 0) is 83.0 Å². The van der Waals surface area contributed by atoms with E-state index in [9.17, 15) is 9.59 Å². The number of hydrogen-bond acceptors (Lipinski definition) is 15. The maximum Gasteiger partial charge on any atom is 0.267 e. The van der Waals surface area contributed by atoms with Gasteiger partial charge in [0.2, 0.25) is 5.91 Å². The molecule has 4 aromatic heterocycles. The van der Waals surface area contributed by atoms with Crippen molar-refractivity contribution in [3.63, 3.8) is 0 Å². The Morgan fingerprint density at radius 2 is 1.32 bits per heavy atom. The molecule has 7 rings (SSSR count). The number of carbonyl (C=O) groups excluding carboxylic acids is 2. The molecule has 16 nitrogen and oxygen atoms in total. The molecule has 2 amide bonds. The van der Waals surface area contributed by atoms with Crippen molar-refractivity contribution >= 4 is 116 Å². The number of nitrogen functional groups attached to an aromatic ring is 1. The minimum absolute atomic E-state index is 0.163. The Bertz CT molecular complexity index is 2540. The average molecular weight is 1080 g/mol. The number of para-hydroxylation sites is 2. The Labute approximate surface area is 436 Å². The highest BCUT2D eigenvalue weighted by molar-refractivity contribution is 7.80. The molecule has 0 unspecified atom stereocenters. The first-order chi connectivity index (χ1) is 32.8. The van der Waals surface area contributed by atoms with Crippen LogP contribution >= 0.6 is 81.6 Å². The van der Waals surface area contributed by atoms with Crippen LogP contribution in [0.5, 0.6) is 0 Å². The Balaban J connectivity index is 0.000000245. The predicted molar refractivity (Wildman–Crippen MR) is 285 cm³/mol. The quantitative estimate of drug-likeness (QED) is 0.0426. The number of anilines is 3. The Hall–Kier alpha value is -4.99. The normalized spacial score (nSPS) is 11.9. The number of thiocarbonyl (C=S) groups is 1. The number of nitrogens with two attached hydrogens (primary N) is 2. The molecule has 0 saturated carbocycles. The number of halogens is 5. The first kappa shape index (κ1) is 58.3. The van der Waals surface area contributed by atoms with Crippen molar-refractivity contribution in [1.82, 2.24) is 45.1 Å². The molecule has 6 aromatic rings. The van der Waals surface area contributed by atoms with Crippen LogP contribution in [-0.4, -0.2) is 101 Å². The van der Waals surface area contributed by atoms with Crippen molar-refractivity contribution < 1.29 is 14.7 Å². The van der Waals surface area contributed by atoms with Crippen LogP contribution in [0.4, 0.5) is 17.2 Å². The number of β-amino-alcohol motifs (C(OH)–C–C–N with tert-alkyl or cyclic N) is 1. The lowest BCUT2D eigenvalue weighted by Crippen LogP contribution is -2.44. The van der Waals surface area contributed by atoms with Gasteiger partial charge in [0.15, 0.2) is 0 Å². The third kappa shape index (κ3) is 22.5. The molecule has 1 saturated heterocycles. The molecule has 0 atom stereocenters. The van der Waals surface area contributed by atoms with Crippen LogP contribution in [0.25, 0.3) is 0 Å². The third-order valence-corrected chi connectivity index (χ3v) is 11.2. The largest absolute Gasteiger partial charge is 0.395 e. The number of nitrogens with one attached hydrogen (secondary N) is 3. The Morgan fingerprint density at radius 1 is 0.797 bits per heavy atom. The van der Waals surface area contributed by atoms with E-state index in [4.69, 9.17) is 86.8 Å². The highest BCUT2D eigenvalue weighted by Gasteiger charge is 2.15. The van der Waals surface area contributed by atoms with Gasteiger partial charge in [-0.3, -0.25) is 14.5 Å². The fourth-order valence-corrected chi connectivity index (χ4v) is 8.14. The van der Waals surface area contributed by atoms with Crippen molar-refractivity contribution in [3.05, 3.63) is 148 Å². The lowest BCUT2D eigenvalue weighted by Gasteiger charge is -2.25. The fourth-order valence-electron chi connectivity index (χ4n) is 5.89. The van der Waals surface area contributed by atoms with Crippen LogP contribution in [0.2, 0.25) is 25.5 Å². The van der Waals surface area contributed by atoms with Gasteiger partial charge in [0.25, 0.3) is 5.91 Å². The van der Waals surface area contributed by atoms with Gasteiger partial charge in [-0.15, -0.1) is 11.3 Å². The molecule has 1 aliphatic heterocycles. The number of aryl methyl sites for hydroxylation is 5. The summed E-state index contributed by atoms with van der Waals surface area (Å²) in [7, 11) is 0. The van der Waals surface area contributed by atoms with Gasteiger partial charge >= 0.3 is 0 Å². The number of amides is 2. The van der Waals surface area contributed by atoms with Crippen LogP contribution < -0.4 is 27.4 Å². The van der Waals surface area contributed by atoms with Crippen LogP contribution in [0.15, 0.2) is 72.9 Å². The zero-order valence-electron chi connectivity index (χ0n) is 38.8. The summed E-state index contributed by atoms with van der Waals surface area (Å²) in [5, 5.41) is 20.4. The number of aliphatic hydroxyl groups is 1. The van der Waals surface area contributed by atoms with Gasteiger partial charge in [0.1, 0.15) is 43.6 Å². The molecule has 2 aromatic carbocycles. The lowest BCUT2D eigenvalue weighted by molar-refractivity contribution is -0.111. The van der Waals surface area contributed by atoms with Gasteiger partial charge < -0.3 is 32.5 Å². The topological polar surface area (TPSA) is 236 Å². The van der Waals surface area contributed by atoms with Crippen molar-refractivity contribution in [1.29, 1.82) is 0 Å². The number of rotatable bonds is 10. The van der Waals surface area contributed by atoms with E-state index in [1.165, 1.54) is 23.5 Å². The van der Waals surface area contributed by atoms with E-state index in [-0.39, 0.29) is 11.8 Å². The van der Waals surface area contributed by atoms with Gasteiger partial charge in [-0.2, -0.15) is 0 Å². The molecule has 69 heavy (non-hydrogen) atoms. The SMILES string of the molecule is C/C=C/C(=O)Nc1c(C)cccc1Cl.Cc1nc(Cl)cc(CC(N)=S)n1.Cc1nc(Cl)cc(Cc2ncc(C(=O)Nc3c(C)cccc3Cl)s2)n1.Cc1nc(N)cc(Cl)n1.OCCN1CCNCC1. The van der Waals surface area contributed by atoms with E-state index in [2.05, 4.69) is 55.7 Å². The van der Waals surface area contributed by atoms with Crippen molar-refractivity contribution in [2.24, 2.45) is 5.73 Å². The molecular formula is C46H54Cl5N13O3S2. The van der Waals surface area contributed by atoms with Crippen molar-refractivity contribution in [2.45, 2.75) is 54.4 Å². The molecule has 0 radical (unpaired) electrons. The zero-order chi connectivity index (χ0) is 51.0. The van der Waals surface area contributed by atoms with Crippen LogP contribution in [0.3, 0.4) is 0 Å². The highest BCUT2D eigenvalue weighted by atomic mass is 35.5. The minimum atomic E-state index is -0.239. The second kappa shape index (κ2) is 30.6. The van der Waals surface area contributed by atoms with E-state index < -0.39 is 0 Å². The van der Waals surface area contributed by atoms with Crippen molar-refractivity contribution in [3.8, 4) is 0 Å². The van der Waals surface area contributed by atoms with E-state index >= 15 is 0 Å². The summed E-state index contributed by atoms with van der Waals surface area (Å²) in [4.78, 5) is 55.2. The molecule has 23 heteroatoms. The maximum atomic E-state index is 12.4. The van der Waals surface area contributed by atoms with E-state index in [1.807, 2.05) is 38.1 Å². The first-order valence-electron chi connectivity index (χ1n) is 21.1. The molecule has 0 spiro atoms. The zero-order valence-corrected chi connectivity index (χ0v) is 44.2. The summed E-state index contributed by atoms with van der Waals surface area (Å²) in [5.74, 6) is 1.84. The monoisotopic (exact) mass is 1080 g/mol. The Morgan fingerprint density at radius 3 is 1.81 bits per heavy atom. The lowest BCUT2D eigenvalue weighted by atomic mass is 10.2. The van der Waals surface area contributed by atoms with Crippen molar-refractivity contribution in [2.75, 3.05) is 55.7 Å². The molecule has 368 valence electrons. The average Bonchev–Trinajstić information content (AvgIpc) is 3.72. The number of piperazine rings is 1. The summed E-state index contributed by atoms with van der Waals surface area (Å²) in [6.45, 7) is 16.3. The number of allylic oxidation sites excluding steroid dienone is 1. The van der Waals surface area contributed by atoms with E-state index in [0.29, 0.717) is 89.5 Å². The predicted octanol–water partition coefficient (Wildman–Crippen LogP) is 9.03. The maximum absolute atomic E-state index is 12.4. The molecule has 0 bridgehead atoms. The second-order valence-corrected chi connectivity index (χ2v) is 18.3. The van der Waals surface area contributed by atoms with Gasteiger partial charge in [0.05, 0.1) is 55.6 Å². The minimum Gasteiger partial charge on any atom is -0.395 e. The van der Waals surface area contributed by atoms with Gasteiger partial charge in [-0.1, -0.05) is 101 Å². The number of hydrogen-bond donors (Lipinski definition) is 6. The smallest absolute Gasteiger partial charge is 0.267 e. The molecule has 1 aliphatic rings. The van der Waals surface area contributed by atoms with Crippen LogP contribution in [-0.2, 0) is 17.6 Å². The second-order valence-electron chi connectivity index (χ2n) is 14.7. The number of carbonyl (C=O) groups is 2. The van der Waals surface area contributed by atoms with Crippen LogP contribution in [0, 0.1) is 34.6 Å². The van der Waals surface area contributed by atoms with Gasteiger partial charge in [-0.25, -0.2) is 34.9 Å². The third-order valence-electron chi connectivity index (χ3n) is 8.89. The van der Waals surface area contributed by atoms with Gasteiger partial charge in [0, 0.05) is 51.6 Å². The first-order valence-corrected chi connectivity index (χ1v) is 24.2. The summed E-state index contributed by atoms with van der Waals surface area (Å²) >= 11 is 35.3. The highest BCUT2D eigenvalue weighted by Crippen LogP contribution is 2.27. The number of nitrogens with zero attached hydrogens (tertiary/aromatic N) is 8. The number of thiazole rings is 1. The molecule has 5 heterocycles. The van der Waals surface area contributed by atoms with E-state index in [0.717, 1.165) is 60.2 Å². The number of aliphatic hydroxyl groups excluding tert-OH is 1. The molecule has 8 N–H and O–H groups in total. The molecule has 0 aliphatic carbocycles. The van der Waals surface area contributed by atoms with Crippen LogP contribution in [0.1, 0.15) is 61.6 Å².